The van der Waals surface area contributed by atoms with Crippen LogP contribution < -0.4 is 0 Å². The maximum atomic E-state index is 1.56. The van der Waals surface area contributed by atoms with Gasteiger partial charge in [-0.2, -0.15) is 0 Å². The Kier molecular flexibility index (Phi) is 10.5. The fourth-order valence-corrected chi connectivity index (χ4v) is 6.42. The first kappa shape index (κ1) is 21.3. The molecule has 0 aromatic heterocycles. The Bertz CT molecular complexity index is 238. The molecule has 1 nitrogen and oxygen atoms in total. The van der Waals surface area contributed by atoms with E-state index >= 15 is 0 Å². The summed E-state index contributed by atoms with van der Waals surface area (Å²) in [4.78, 5) is 0. The van der Waals surface area contributed by atoms with Crippen LogP contribution in [0.2, 0.25) is 0 Å². The van der Waals surface area contributed by atoms with Gasteiger partial charge in [0, 0.05) is 0 Å². The van der Waals surface area contributed by atoms with E-state index in [1.807, 2.05) is 0 Å². The molecular weight excluding hydrogens is 304 g/mol. The number of hydrogen-bond acceptors (Lipinski definition) is 0. The molecular formula is C24H46O. The molecule has 0 aliphatic heterocycles. The maximum Gasteiger partial charge on any atom is -0.0386 e. The van der Waals surface area contributed by atoms with Crippen LogP contribution in [0.5, 0.6) is 0 Å². The molecule has 25 heavy (non-hydrogen) atoms. The van der Waals surface area contributed by atoms with Gasteiger partial charge in [0.05, 0.1) is 0 Å². The normalized spacial score (nSPS) is 27.8. The molecule has 0 saturated heterocycles. The van der Waals surface area contributed by atoms with Crippen molar-refractivity contribution in [2.24, 2.45) is 23.7 Å². The Morgan fingerprint density at radius 1 is 0.240 bits per heavy atom. The molecule has 4 rings (SSSR count). The zero-order chi connectivity index (χ0) is 16.5. The number of rotatable bonds is 2. The van der Waals surface area contributed by atoms with Crippen molar-refractivity contribution in [3.8, 4) is 0 Å². The lowest BCUT2D eigenvalue weighted by molar-refractivity contribution is 0.196. The van der Waals surface area contributed by atoms with Crippen molar-refractivity contribution in [1.29, 1.82) is 0 Å². The Balaban J connectivity index is 0.000000173. The van der Waals surface area contributed by atoms with Gasteiger partial charge >= 0.3 is 0 Å². The summed E-state index contributed by atoms with van der Waals surface area (Å²) in [6.07, 6.45) is 30.8. The summed E-state index contributed by atoms with van der Waals surface area (Å²) in [5.41, 5.74) is 0. The minimum Gasteiger partial charge on any atom is -0.412 e. The van der Waals surface area contributed by atoms with Crippen molar-refractivity contribution in [2.75, 3.05) is 0 Å². The first-order valence-electron chi connectivity index (χ1n) is 11.9. The van der Waals surface area contributed by atoms with E-state index in [0.29, 0.717) is 0 Å². The minimum absolute atomic E-state index is 0. The third-order valence-corrected chi connectivity index (χ3v) is 7.93. The summed E-state index contributed by atoms with van der Waals surface area (Å²) in [7, 11) is 0. The second-order valence-electron chi connectivity index (χ2n) is 9.59. The van der Waals surface area contributed by atoms with Crippen molar-refractivity contribution in [3.05, 3.63) is 0 Å². The van der Waals surface area contributed by atoms with Crippen LogP contribution in [0, 0.1) is 23.7 Å². The van der Waals surface area contributed by atoms with Gasteiger partial charge in [-0.25, -0.2) is 0 Å². The van der Waals surface area contributed by atoms with Gasteiger partial charge in [0.1, 0.15) is 0 Å². The Morgan fingerprint density at radius 3 is 0.560 bits per heavy atom. The quantitative estimate of drug-likeness (QED) is 0.494. The van der Waals surface area contributed by atoms with Crippen LogP contribution in [0.3, 0.4) is 0 Å². The lowest BCUT2D eigenvalue weighted by Gasteiger charge is -2.32. The van der Waals surface area contributed by atoms with E-state index in [9.17, 15) is 0 Å². The topological polar surface area (TPSA) is 31.5 Å². The highest BCUT2D eigenvalue weighted by atomic mass is 16.0. The van der Waals surface area contributed by atoms with Gasteiger partial charge in [-0.3, -0.25) is 0 Å². The van der Waals surface area contributed by atoms with Crippen LogP contribution in [-0.2, 0) is 0 Å². The predicted molar refractivity (Wildman–Crippen MR) is 110 cm³/mol. The van der Waals surface area contributed by atoms with Gasteiger partial charge in [-0.15, -0.1) is 0 Å². The van der Waals surface area contributed by atoms with Crippen LogP contribution >= 0.6 is 0 Å². The van der Waals surface area contributed by atoms with Gasteiger partial charge in [-0.05, 0) is 23.7 Å². The first-order chi connectivity index (χ1) is 11.9. The van der Waals surface area contributed by atoms with Gasteiger partial charge in [0.15, 0.2) is 0 Å². The van der Waals surface area contributed by atoms with Gasteiger partial charge in [-0.1, -0.05) is 128 Å². The van der Waals surface area contributed by atoms with Gasteiger partial charge < -0.3 is 5.48 Å². The molecule has 2 N–H and O–H groups in total. The highest BCUT2D eigenvalue weighted by Crippen LogP contribution is 2.38. The second-order valence-corrected chi connectivity index (χ2v) is 9.59. The monoisotopic (exact) mass is 350 g/mol. The average molecular weight is 351 g/mol. The predicted octanol–water partition coefficient (Wildman–Crippen LogP) is 7.47. The Morgan fingerprint density at radius 2 is 0.400 bits per heavy atom. The molecule has 0 aromatic rings. The summed E-state index contributed by atoms with van der Waals surface area (Å²) < 4.78 is 0. The maximum absolute atomic E-state index is 1.56. The van der Waals surface area contributed by atoms with Gasteiger partial charge in [0.2, 0.25) is 0 Å². The van der Waals surface area contributed by atoms with Crippen molar-refractivity contribution in [3.63, 3.8) is 0 Å². The van der Waals surface area contributed by atoms with E-state index in [1.165, 1.54) is 77.0 Å². The molecule has 0 unspecified atom stereocenters. The summed E-state index contributed by atoms with van der Waals surface area (Å²) in [6.45, 7) is 0. The molecule has 0 spiro atoms. The summed E-state index contributed by atoms with van der Waals surface area (Å²) >= 11 is 0. The molecule has 4 saturated carbocycles. The van der Waals surface area contributed by atoms with E-state index in [0.717, 1.165) is 23.7 Å². The minimum atomic E-state index is 0. The molecule has 0 bridgehead atoms. The molecule has 0 atom stereocenters. The van der Waals surface area contributed by atoms with E-state index in [4.69, 9.17) is 0 Å². The molecule has 4 aliphatic rings. The highest BCUT2D eigenvalue weighted by molar-refractivity contribution is 4.77. The summed E-state index contributed by atoms with van der Waals surface area (Å²) in [6, 6.07) is 0. The van der Waals surface area contributed by atoms with Crippen molar-refractivity contribution < 1.29 is 5.48 Å². The van der Waals surface area contributed by atoms with Crippen LogP contribution in [0.1, 0.15) is 128 Å². The molecule has 0 heterocycles. The van der Waals surface area contributed by atoms with Crippen LogP contribution in [0.4, 0.5) is 0 Å². The third-order valence-electron chi connectivity index (χ3n) is 7.93. The second kappa shape index (κ2) is 12.4. The Hall–Kier alpha value is -0.0400. The molecule has 4 fully saturated rings. The lowest BCUT2D eigenvalue weighted by atomic mass is 9.73. The van der Waals surface area contributed by atoms with Crippen molar-refractivity contribution in [2.45, 2.75) is 128 Å². The first-order valence-corrected chi connectivity index (χ1v) is 11.9. The van der Waals surface area contributed by atoms with Crippen molar-refractivity contribution in [1.82, 2.24) is 0 Å². The van der Waals surface area contributed by atoms with Gasteiger partial charge in [0.25, 0.3) is 0 Å². The van der Waals surface area contributed by atoms with Crippen LogP contribution in [0.15, 0.2) is 0 Å². The molecule has 0 radical (unpaired) electrons. The smallest absolute Gasteiger partial charge is 0.0386 e. The van der Waals surface area contributed by atoms with Crippen LogP contribution in [-0.4, -0.2) is 5.48 Å². The summed E-state index contributed by atoms with van der Waals surface area (Å²) in [5, 5.41) is 0. The largest absolute Gasteiger partial charge is 0.412 e. The summed E-state index contributed by atoms with van der Waals surface area (Å²) in [5.74, 6) is 4.55. The average Bonchev–Trinajstić information content (AvgIpc) is 2.71. The van der Waals surface area contributed by atoms with Crippen molar-refractivity contribution >= 4 is 0 Å². The molecule has 4 aliphatic carbocycles. The highest BCUT2D eigenvalue weighted by Gasteiger charge is 2.25. The Labute approximate surface area is 158 Å². The fraction of sp³-hybridized carbons (Fsp3) is 1.00. The SMILES string of the molecule is C1CCC(C2CCCCC2)CC1.C1CCC(C2CCCCC2)CC1.O. The van der Waals surface area contributed by atoms with Crippen LogP contribution in [0.25, 0.3) is 0 Å². The van der Waals surface area contributed by atoms with E-state index < -0.39 is 0 Å². The van der Waals surface area contributed by atoms with E-state index in [2.05, 4.69) is 0 Å². The van der Waals surface area contributed by atoms with E-state index in [-0.39, 0.29) is 5.48 Å². The third kappa shape index (κ3) is 7.24. The fourth-order valence-electron chi connectivity index (χ4n) is 6.42. The van der Waals surface area contributed by atoms with E-state index in [1.54, 1.807) is 51.4 Å². The number of hydrogen-bond donors (Lipinski definition) is 0. The zero-order valence-corrected chi connectivity index (χ0v) is 17.0. The molecule has 1 heteroatoms. The molecule has 148 valence electrons. The zero-order valence-electron chi connectivity index (χ0n) is 17.0. The molecule has 0 aromatic carbocycles. The standard InChI is InChI=1S/2C12H22.H2O/c2*1-3-7-11(8-4-1)12-9-5-2-6-10-12;/h2*11-12H,1-10H2;1H2. The lowest BCUT2D eigenvalue weighted by Crippen LogP contribution is -2.20. The molecule has 0 amide bonds.